The third kappa shape index (κ3) is 1.99. The van der Waals surface area contributed by atoms with Crippen molar-refractivity contribution in [1.29, 1.82) is 5.26 Å². The van der Waals surface area contributed by atoms with Crippen LogP contribution in [0.1, 0.15) is 5.69 Å². The fraction of sp³-hybridized carbons (Fsp3) is 0. The summed E-state index contributed by atoms with van der Waals surface area (Å²) in [6.45, 7) is 0. The molecular weight excluding hydrogens is 231 g/mol. The van der Waals surface area contributed by atoms with Gasteiger partial charge in [-0.3, -0.25) is 0 Å². The summed E-state index contributed by atoms with van der Waals surface area (Å²) in [4.78, 5) is 0. The molecule has 0 fully saturated rings. The number of hydrogen-bond acceptors (Lipinski definition) is 1. The monoisotopic (exact) mass is 236 g/mol. The van der Waals surface area contributed by atoms with Gasteiger partial charge < -0.3 is 4.57 Å². The third-order valence-corrected chi connectivity index (χ3v) is 2.43. The Bertz CT molecular complexity index is 518. The van der Waals surface area contributed by atoms with Gasteiger partial charge in [0.2, 0.25) is 0 Å². The largest absolute Gasteiger partial charge is 0.308 e. The Kier molecular flexibility index (Phi) is 2.68. The van der Waals surface area contributed by atoms with Crippen molar-refractivity contribution < 1.29 is 0 Å². The average Bonchev–Trinajstić information content (AvgIpc) is 2.63. The molecule has 74 valence electrons. The molecule has 0 aliphatic heterocycles. The summed E-state index contributed by atoms with van der Waals surface area (Å²) in [5.41, 5.74) is 1.34. The van der Waals surface area contributed by atoms with E-state index < -0.39 is 0 Å². The van der Waals surface area contributed by atoms with Gasteiger partial charge in [0.15, 0.2) is 0 Å². The zero-order chi connectivity index (χ0) is 10.8. The van der Waals surface area contributed by atoms with Gasteiger partial charge in [-0.05, 0) is 30.3 Å². The van der Waals surface area contributed by atoms with Crippen LogP contribution in [0.4, 0.5) is 0 Å². The van der Waals surface area contributed by atoms with Crippen molar-refractivity contribution in [2.24, 2.45) is 0 Å². The molecule has 0 aliphatic rings. The highest BCUT2D eigenvalue weighted by molar-refractivity contribution is 6.34. The van der Waals surface area contributed by atoms with Crippen LogP contribution < -0.4 is 0 Å². The van der Waals surface area contributed by atoms with Crippen molar-refractivity contribution in [2.45, 2.75) is 0 Å². The summed E-state index contributed by atoms with van der Waals surface area (Å²) in [6, 6.07) is 10.8. The maximum absolute atomic E-state index is 8.87. The maximum Gasteiger partial charge on any atom is 0.124 e. The number of nitrogens with zero attached hydrogens (tertiary/aromatic N) is 2. The first-order valence-corrected chi connectivity index (χ1v) is 5.00. The Morgan fingerprint density at radius 2 is 1.80 bits per heavy atom. The number of aromatic nitrogens is 1. The number of hydrogen-bond donors (Lipinski definition) is 0. The summed E-state index contributed by atoms with van der Waals surface area (Å²) in [6.07, 6.45) is 1.79. The quantitative estimate of drug-likeness (QED) is 0.743. The molecular formula is C11H6Cl2N2. The van der Waals surface area contributed by atoms with Crippen LogP contribution in [0, 0.1) is 11.3 Å². The van der Waals surface area contributed by atoms with E-state index in [9.17, 15) is 0 Å². The van der Waals surface area contributed by atoms with E-state index in [4.69, 9.17) is 28.5 Å². The van der Waals surface area contributed by atoms with E-state index in [1.165, 1.54) is 0 Å². The molecule has 15 heavy (non-hydrogen) atoms. The molecule has 2 rings (SSSR count). The fourth-order valence-electron chi connectivity index (χ4n) is 1.38. The zero-order valence-corrected chi connectivity index (χ0v) is 9.13. The summed E-state index contributed by atoms with van der Waals surface area (Å²) in [5.74, 6) is 0. The number of benzene rings is 1. The molecule has 0 spiro atoms. The molecule has 0 amide bonds. The van der Waals surface area contributed by atoms with Crippen LogP contribution >= 0.6 is 23.2 Å². The van der Waals surface area contributed by atoms with E-state index in [-0.39, 0.29) is 0 Å². The van der Waals surface area contributed by atoms with Crippen LogP contribution in [-0.4, -0.2) is 4.57 Å². The van der Waals surface area contributed by atoms with Crippen LogP contribution in [-0.2, 0) is 0 Å². The summed E-state index contributed by atoms with van der Waals surface area (Å²) < 4.78 is 1.73. The molecule has 0 saturated heterocycles. The minimum absolute atomic E-state index is 0.549. The third-order valence-electron chi connectivity index (χ3n) is 1.99. The Labute approximate surface area is 97.3 Å². The molecule has 2 aromatic rings. The first kappa shape index (κ1) is 10.1. The molecule has 4 heteroatoms. The Morgan fingerprint density at radius 3 is 2.40 bits per heavy atom. The molecule has 0 N–H and O–H groups in total. The molecule has 1 aromatic heterocycles. The van der Waals surface area contributed by atoms with E-state index >= 15 is 0 Å². The normalized spacial score (nSPS) is 9.93. The van der Waals surface area contributed by atoms with Gasteiger partial charge in [0, 0.05) is 21.9 Å². The average molecular weight is 237 g/mol. The van der Waals surface area contributed by atoms with Crippen molar-refractivity contribution >= 4 is 23.2 Å². The molecule has 0 bridgehead atoms. The van der Waals surface area contributed by atoms with Crippen molar-refractivity contribution in [3.63, 3.8) is 0 Å². The van der Waals surface area contributed by atoms with E-state index in [0.717, 1.165) is 5.69 Å². The van der Waals surface area contributed by atoms with Crippen LogP contribution in [0.25, 0.3) is 5.69 Å². The molecule has 0 atom stereocenters. The van der Waals surface area contributed by atoms with Gasteiger partial charge in [-0.2, -0.15) is 5.26 Å². The second kappa shape index (κ2) is 3.98. The minimum atomic E-state index is 0.549. The van der Waals surface area contributed by atoms with Crippen molar-refractivity contribution in [1.82, 2.24) is 4.57 Å². The highest BCUT2D eigenvalue weighted by Crippen LogP contribution is 2.22. The van der Waals surface area contributed by atoms with Crippen LogP contribution in [0.2, 0.25) is 10.0 Å². The zero-order valence-electron chi connectivity index (χ0n) is 7.61. The summed E-state index contributed by atoms with van der Waals surface area (Å²) >= 11 is 11.8. The molecule has 0 unspecified atom stereocenters. The SMILES string of the molecule is N#Cc1cccn1-c1cc(Cl)cc(Cl)c1. The number of halogens is 2. The Balaban J connectivity index is 2.60. The van der Waals surface area contributed by atoms with Gasteiger partial charge in [0.25, 0.3) is 0 Å². The lowest BCUT2D eigenvalue weighted by molar-refractivity contribution is 1.05. The maximum atomic E-state index is 8.87. The minimum Gasteiger partial charge on any atom is -0.308 e. The van der Waals surface area contributed by atoms with Crippen LogP contribution in [0.15, 0.2) is 36.5 Å². The summed E-state index contributed by atoms with van der Waals surface area (Å²) in [5, 5.41) is 9.97. The van der Waals surface area contributed by atoms with Crippen molar-refractivity contribution in [2.75, 3.05) is 0 Å². The van der Waals surface area contributed by atoms with E-state index in [1.807, 2.05) is 0 Å². The Hall–Kier alpha value is -1.43. The molecule has 2 nitrogen and oxygen atoms in total. The number of nitriles is 1. The number of rotatable bonds is 1. The summed E-state index contributed by atoms with van der Waals surface area (Å²) in [7, 11) is 0. The van der Waals surface area contributed by atoms with Gasteiger partial charge in [-0.1, -0.05) is 23.2 Å². The van der Waals surface area contributed by atoms with Gasteiger partial charge >= 0.3 is 0 Å². The smallest absolute Gasteiger partial charge is 0.124 e. The lowest BCUT2D eigenvalue weighted by atomic mass is 10.3. The lowest BCUT2D eigenvalue weighted by Crippen LogP contribution is -1.94. The molecule has 1 heterocycles. The first-order valence-electron chi connectivity index (χ1n) is 4.24. The topological polar surface area (TPSA) is 28.7 Å². The molecule has 1 aromatic carbocycles. The lowest BCUT2D eigenvalue weighted by Gasteiger charge is -2.05. The molecule has 0 aliphatic carbocycles. The highest BCUT2D eigenvalue weighted by atomic mass is 35.5. The van der Waals surface area contributed by atoms with Crippen LogP contribution in [0.5, 0.6) is 0 Å². The van der Waals surface area contributed by atoms with E-state index in [2.05, 4.69) is 6.07 Å². The first-order chi connectivity index (χ1) is 7.20. The van der Waals surface area contributed by atoms with Crippen LogP contribution in [0.3, 0.4) is 0 Å². The van der Waals surface area contributed by atoms with Gasteiger partial charge in [-0.25, -0.2) is 0 Å². The molecule has 0 saturated carbocycles. The van der Waals surface area contributed by atoms with E-state index in [1.54, 1.807) is 41.1 Å². The van der Waals surface area contributed by atoms with Crippen molar-refractivity contribution in [3.8, 4) is 11.8 Å². The predicted octanol–water partition coefficient (Wildman–Crippen LogP) is 3.66. The molecule has 0 radical (unpaired) electrons. The Morgan fingerprint density at radius 1 is 1.13 bits per heavy atom. The van der Waals surface area contributed by atoms with Gasteiger partial charge in [0.05, 0.1) is 0 Å². The highest BCUT2D eigenvalue weighted by Gasteiger charge is 2.04. The van der Waals surface area contributed by atoms with Crippen molar-refractivity contribution in [3.05, 3.63) is 52.3 Å². The predicted molar refractivity (Wildman–Crippen MR) is 60.5 cm³/mol. The van der Waals surface area contributed by atoms with E-state index in [0.29, 0.717) is 15.7 Å². The second-order valence-corrected chi connectivity index (χ2v) is 3.88. The van der Waals surface area contributed by atoms with Gasteiger partial charge in [0.1, 0.15) is 11.8 Å². The fourth-order valence-corrected chi connectivity index (χ4v) is 1.89. The second-order valence-electron chi connectivity index (χ2n) is 3.00. The standard InChI is InChI=1S/C11H6Cl2N2/c12-8-4-9(13)6-11(5-8)15-3-1-2-10(15)7-14/h1-6H. The van der Waals surface area contributed by atoms with Gasteiger partial charge in [-0.15, -0.1) is 0 Å².